The van der Waals surface area contributed by atoms with Gasteiger partial charge < -0.3 is 69.5 Å². The molecule has 1 aromatic rings. The van der Waals surface area contributed by atoms with Gasteiger partial charge in [-0.15, -0.1) is 0 Å². The molecule has 1 aromatic heterocycles. The number of carbonyl (C=O) groups is 7. The minimum absolute atomic E-state index is 0.00535. The molecule has 478 valence electrons. The smallest absolute Gasteiger partial charge is 0.407 e. The first kappa shape index (κ1) is 69.3. The molecule has 5 heterocycles. The van der Waals surface area contributed by atoms with E-state index < -0.39 is 120 Å². The van der Waals surface area contributed by atoms with Gasteiger partial charge in [-0.2, -0.15) is 0 Å². The molecular formula is C63H95N7O16. The van der Waals surface area contributed by atoms with Crippen molar-refractivity contribution in [3.05, 3.63) is 65.6 Å². The lowest BCUT2D eigenvalue weighted by atomic mass is 9.80. The summed E-state index contributed by atoms with van der Waals surface area (Å²) < 4.78 is 35.0. The number of amides is 3. The summed E-state index contributed by atoms with van der Waals surface area (Å²) >= 11 is 0. The Kier molecular flexibility index (Phi) is 26.6. The minimum atomic E-state index is -2.50. The number of nitrogens with two attached hydrogens (primary N) is 1. The maximum Gasteiger partial charge on any atom is 0.407 e. The zero-order valence-corrected chi connectivity index (χ0v) is 51.8. The topological polar surface area (TPSA) is 309 Å². The fourth-order valence-corrected chi connectivity index (χ4v) is 12.3. The Hall–Kier alpha value is -5.79. The lowest BCUT2D eigenvalue weighted by molar-refractivity contribution is -0.265. The van der Waals surface area contributed by atoms with Gasteiger partial charge in [-0.1, -0.05) is 64.2 Å². The third kappa shape index (κ3) is 18.9. The summed E-state index contributed by atoms with van der Waals surface area (Å²) in [5.41, 5.74) is 8.66. The summed E-state index contributed by atoms with van der Waals surface area (Å²) in [4.78, 5) is 111. The molecule has 3 amide bonds. The standard InChI is InChI=1S/C63H95N7O16/c1-38-15-11-10-12-16-39(2)51(82-8)33-46-20-18-43(6)63(80,86-46)58(76)59(77)70-23-14-13-17-48(70)60(78)84-52(34-49(71)40(3)30-42(5)56(74)57(75)55(73)41(4)29-38)47(64)31-44-19-21-50(53(32-44)83-9)85-62(79)67-37-45-35-65-61(66-36-45)69-26-24-68(25-27-69)54(72)22-28-81-7/h10-12,15-16,30,35-36,38,40-41,43-44,46-48,50-53,56-57,74-75,80H,13-14,17-29,31-34,37,64H2,1-9H3,(H,67,79)/b12-10+,15-11+,39-16+,42-30+/t38-,40-,41-,43-,44+,46+,47-,48+,50-,51+,52+,53-,56-,57+,63-/m1/s1. The molecule has 23 nitrogen and oxygen atoms in total. The highest BCUT2D eigenvalue weighted by atomic mass is 16.6. The van der Waals surface area contributed by atoms with Crippen LogP contribution < -0.4 is 16.0 Å². The number of ketones is 3. The van der Waals surface area contributed by atoms with E-state index in [1.165, 1.54) is 20.1 Å². The van der Waals surface area contributed by atoms with E-state index in [-0.39, 0.29) is 55.7 Å². The molecule has 23 heteroatoms. The number of carbonyl (C=O) groups excluding carboxylic acids is 7. The van der Waals surface area contributed by atoms with E-state index in [0.29, 0.717) is 102 Å². The van der Waals surface area contributed by atoms with Crippen molar-refractivity contribution < 1.29 is 77.3 Å². The fraction of sp³-hybridized carbons (Fsp3) is 0.698. The van der Waals surface area contributed by atoms with E-state index in [2.05, 4.69) is 15.3 Å². The Morgan fingerprint density at radius 2 is 1.56 bits per heavy atom. The predicted octanol–water partition coefficient (Wildman–Crippen LogP) is 4.63. The van der Waals surface area contributed by atoms with Crippen LogP contribution in [0.4, 0.5) is 10.7 Å². The number of cyclic esters (lactones) is 1. The molecule has 1 aliphatic carbocycles. The number of nitrogens with one attached hydrogen (secondary N) is 1. The molecule has 4 fully saturated rings. The van der Waals surface area contributed by atoms with E-state index >= 15 is 0 Å². The van der Waals surface area contributed by atoms with Gasteiger partial charge in [0, 0.05) is 115 Å². The Balaban J connectivity index is 1.16. The quantitative estimate of drug-likeness (QED) is 0.108. The summed E-state index contributed by atoms with van der Waals surface area (Å²) in [6.07, 6.45) is 10.5. The van der Waals surface area contributed by atoms with Crippen molar-refractivity contribution in [3.63, 3.8) is 0 Å². The van der Waals surface area contributed by atoms with Gasteiger partial charge >= 0.3 is 12.1 Å². The Bertz CT molecular complexity index is 2590. The molecule has 5 aliphatic rings. The first-order valence-electron chi connectivity index (χ1n) is 30.6. The van der Waals surface area contributed by atoms with Crippen molar-refractivity contribution in [3.8, 4) is 0 Å². The number of alkyl carbamates (subject to hydrolysis) is 1. The number of rotatable bonds is 12. The minimum Gasteiger partial charge on any atom is -0.459 e. The summed E-state index contributed by atoms with van der Waals surface area (Å²) in [5, 5.41) is 37.2. The number of aliphatic hydroxyl groups is 3. The average molecular weight is 1210 g/mol. The lowest BCUT2D eigenvalue weighted by Crippen LogP contribution is -2.61. The second-order valence-corrected chi connectivity index (χ2v) is 24.3. The zero-order chi connectivity index (χ0) is 62.8. The van der Waals surface area contributed by atoms with Crippen LogP contribution in [-0.2, 0) is 63.7 Å². The van der Waals surface area contributed by atoms with Crippen molar-refractivity contribution in [2.75, 3.05) is 65.6 Å². The molecule has 4 aliphatic heterocycles. The third-order valence-corrected chi connectivity index (χ3v) is 17.8. The van der Waals surface area contributed by atoms with Crippen molar-refractivity contribution in [2.45, 2.75) is 192 Å². The van der Waals surface area contributed by atoms with Gasteiger partial charge in [0.25, 0.3) is 11.7 Å². The number of hydrogen-bond donors (Lipinski definition) is 5. The third-order valence-electron chi connectivity index (χ3n) is 17.8. The molecule has 86 heavy (non-hydrogen) atoms. The Morgan fingerprint density at radius 1 is 0.837 bits per heavy atom. The van der Waals surface area contributed by atoms with Gasteiger partial charge in [-0.25, -0.2) is 19.6 Å². The van der Waals surface area contributed by atoms with E-state index in [1.54, 1.807) is 52.3 Å². The number of methoxy groups -OCH3 is 3. The van der Waals surface area contributed by atoms with Crippen LogP contribution in [0.15, 0.2) is 60.0 Å². The number of allylic oxidation sites excluding steroid dienone is 6. The van der Waals surface area contributed by atoms with Crippen LogP contribution in [0, 0.1) is 29.6 Å². The van der Waals surface area contributed by atoms with Gasteiger partial charge in [0.2, 0.25) is 17.6 Å². The molecule has 3 saturated heterocycles. The maximum absolute atomic E-state index is 14.6. The van der Waals surface area contributed by atoms with Crippen LogP contribution in [0.2, 0.25) is 0 Å². The molecule has 0 unspecified atom stereocenters. The molecule has 6 N–H and O–H groups in total. The van der Waals surface area contributed by atoms with Crippen LogP contribution in [0.1, 0.15) is 131 Å². The number of piperazine rings is 1. The normalized spacial score (nSPS) is 34.4. The van der Waals surface area contributed by atoms with E-state index in [4.69, 9.17) is 34.2 Å². The molecule has 0 aromatic carbocycles. The van der Waals surface area contributed by atoms with Crippen LogP contribution >= 0.6 is 0 Å². The highest BCUT2D eigenvalue weighted by molar-refractivity contribution is 6.39. The highest BCUT2D eigenvalue weighted by Gasteiger charge is 2.53. The fourth-order valence-electron chi connectivity index (χ4n) is 12.3. The van der Waals surface area contributed by atoms with Gasteiger partial charge in [-0.3, -0.25) is 24.0 Å². The van der Waals surface area contributed by atoms with E-state index in [0.717, 1.165) is 10.5 Å². The van der Waals surface area contributed by atoms with Gasteiger partial charge in [0.15, 0.2) is 5.78 Å². The molecule has 15 atom stereocenters. The maximum atomic E-state index is 14.6. The van der Waals surface area contributed by atoms with Crippen LogP contribution in [-0.4, -0.2) is 198 Å². The van der Waals surface area contributed by atoms with Gasteiger partial charge in [0.1, 0.15) is 36.2 Å². The average Bonchev–Trinajstić information content (AvgIpc) is 0.999. The summed E-state index contributed by atoms with van der Waals surface area (Å²) in [5.74, 6) is -8.66. The van der Waals surface area contributed by atoms with Crippen molar-refractivity contribution in [1.82, 2.24) is 25.1 Å². The largest absolute Gasteiger partial charge is 0.459 e. The number of hydrogen-bond acceptors (Lipinski definition) is 20. The molecule has 0 spiro atoms. The number of Topliss-reactive ketones (excluding diaryl/α,β-unsaturated/α-hetero) is 3. The zero-order valence-electron chi connectivity index (χ0n) is 51.8. The monoisotopic (exact) mass is 1210 g/mol. The number of aromatic nitrogens is 2. The summed E-state index contributed by atoms with van der Waals surface area (Å²) in [6, 6.07) is -2.23. The number of anilines is 1. The number of aliphatic hydroxyl groups excluding tert-OH is 2. The molecule has 0 radical (unpaired) electrons. The van der Waals surface area contributed by atoms with Crippen LogP contribution in [0.25, 0.3) is 0 Å². The van der Waals surface area contributed by atoms with Crippen molar-refractivity contribution in [2.24, 2.45) is 35.3 Å². The van der Waals surface area contributed by atoms with Gasteiger partial charge in [0.05, 0.1) is 31.3 Å². The van der Waals surface area contributed by atoms with Crippen molar-refractivity contribution in [1.29, 1.82) is 0 Å². The molecule has 2 bridgehead atoms. The molecule has 1 saturated carbocycles. The SMILES string of the molecule is COCCC(=O)N1CCN(c2ncc(CNC(=O)O[C@@H]3CC[C@@H](C[C@@H](N)[C@@H]4CC(=O)[C@H](C)/C=C(\C)[C@@H](O)[C@@H](O)C(=O)[C@H](C)C[C@H](C)/C=C/C=C/C=C(\C)[C@@H](OC)C[C@@H]5CC[C@@H](C)[C@@](O)(O5)C(=O)C(=O)N5CCCC[C@H]5C(=O)O4)C[C@H]3OC)cn2)CC1. The molecular weight excluding hydrogens is 1110 g/mol. The number of esters is 1. The first-order chi connectivity index (χ1) is 41.0. The van der Waals surface area contributed by atoms with Crippen LogP contribution in [0.5, 0.6) is 0 Å². The van der Waals surface area contributed by atoms with Crippen LogP contribution in [0.3, 0.4) is 0 Å². The van der Waals surface area contributed by atoms with E-state index in [9.17, 15) is 48.9 Å². The lowest BCUT2D eigenvalue weighted by Gasteiger charge is -2.42. The Labute approximate surface area is 506 Å². The summed E-state index contributed by atoms with van der Waals surface area (Å²) in [6.45, 7) is 13.0. The van der Waals surface area contributed by atoms with Gasteiger partial charge in [-0.05, 0) is 101 Å². The number of piperidine rings is 1. The molecule has 6 rings (SSSR count). The second-order valence-electron chi connectivity index (χ2n) is 24.3. The number of ether oxygens (including phenoxy) is 6. The van der Waals surface area contributed by atoms with Crippen molar-refractivity contribution >= 4 is 47.2 Å². The highest BCUT2D eigenvalue weighted by Crippen LogP contribution is 2.37. The Morgan fingerprint density at radius 3 is 2.24 bits per heavy atom. The predicted molar refractivity (Wildman–Crippen MR) is 318 cm³/mol. The first-order valence-corrected chi connectivity index (χ1v) is 30.6. The number of nitrogens with zero attached hydrogens (tertiary/aromatic N) is 5. The summed E-state index contributed by atoms with van der Waals surface area (Å²) in [7, 11) is 4.63. The number of fused-ring (bicyclic) bond motifs is 3. The van der Waals surface area contributed by atoms with E-state index in [1.807, 2.05) is 49.1 Å². The second kappa shape index (κ2) is 33.0.